The van der Waals surface area contributed by atoms with Gasteiger partial charge in [0.2, 0.25) is 0 Å². The molecule has 0 radical (unpaired) electrons. The molecule has 0 bridgehead atoms. The van der Waals surface area contributed by atoms with E-state index < -0.39 is 11.7 Å². The van der Waals surface area contributed by atoms with Gasteiger partial charge >= 0.3 is 0 Å². The number of amides is 1. The van der Waals surface area contributed by atoms with E-state index in [1.54, 1.807) is 66.5 Å². The average molecular weight is 335 g/mol. The molecule has 0 aliphatic carbocycles. The van der Waals surface area contributed by atoms with Crippen LogP contribution in [0.1, 0.15) is 16.1 Å². The molecule has 0 aliphatic heterocycles. The van der Waals surface area contributed by atoms with Crippen molar-refractivity contribution in [2.75, 3.05) is 12.4 Å². The van der Waals surface area contributed by atoms with Crippen LogP contribution in [0.2, 0.25) is 0 Å². The van der Waals surface area contributed by atoms with E-state index in [0.29, 0.717) is 22.7 Å². The summed E-state index contributed by atoms with van der Waals surface area (Å²) in [6.07, 6.45) is 3.51. The number of methoxy groups -OCH3 is 1. The zero-order valence-electron chi connectivity index (χ0n) is 13.9. The Morgan fingerprint density at radius 3 is 2.52 bits per heavy atom. The second kappa shape index (κ2) is 7.00. The minimum atomic E-state index is -0.691. The molecular formula is C19H17N3O3. The number of rotatable bonds is 5. The highest BCUT2D eigenvalue weighted by Gasteiger charge is 2.17. The lowest BCUT2D eigenvalue weighted by atomic mass is 10.1. The minimum absolute atomic E-state index is 0.346. The molecule has 0 saturated carbocycles. The molecule has 126 valence electrons. The molecule has 6 heteroatoms. The number of carbonyl (C=O) groups is 2. The number of hydrogen-bond acceptors (Lipinski definition) is 4. The maximum Gasteiger partial charge on any atom is 0.296 e. The highest BCUT2D eigenvalue weighted by Crippen LogP contribution is 2.26. The van der Waals surface area contributed by atoms with E-state index >= 15 is 0 Å². The standard InChI is InChI=1S/C19H17N3O3/c1-13-11-22(12-20-13)16-10-15(8-9-17(16)25-2)21-19(24)18(23)14-6-4-3-5-7-14/h3-12H,1-2H3,(H,21,24). The third-order valence-electron chi connectivity index (χ3n) is 3.67. The fourth-order valence-electron chi connectivity index (χ4n) is 2.43. The summed E-state index contributed by atoms with van der Waals surface area (Å²) in [6.45, 7) is 1.88. The molecule has 25 heavy (non-hydrogen) atoms. The van der Waals surface area contributed by atoms with Gasteiger partial charge in [-0.15, -0.1) is 0 Å². The second-order valence-electron chi connectivity index (χ2n) is 5.46. The van der Waals surface area contributed by atoms with E-state index in [0.717, 1.165) is 5.69 Å². The number of imidazole rings is 1. The largest absolute Gasteiger partial charge is 0.495 e. The fourth-order valence-corrected chi connectivity index (χ4v) is 2.43. The van der Waals surface area contributed by atoms with Crippen molar-refractivity contribution in [2.24, 2.45) is 0 Å². The zero-order chi connectivity index (χ0) is 17.8. The van der Waals surface area contributed by atoms with Crippen molar-refractivity contribution >= 4 is 17.4 Å². The molecule has 0 atom stereocenters. The zero-order valence-corrected chi connectivity index (χ0v) is 13.9. The van der Waals surface area contributed by atoms with Gasteiger partial charge in [-0.05, 0) is 25.1 Å². The van der Waals surface area contributed by atoms with Crippen LogP contribution in [0.3, 0.4) is 0 Å². The van der Waals surface area contributed by atoms with Crippen molar-refractivity contribution in [3.63, 3.8) is 0 Å². The van der Waals surface area contributed by atoms with E-state index in [9.17, 15) is 9.59 Å². The van der Waals surface area contributed by atoms with Gasteiger partial charge in [0.15, 0.2) is 0 Å². The monoisotopic (exact) mass is 335 g/mol. The number of anilines is 1. The van der Waals surface area contributed by atoms with Crippen molar-refractivity contribution in [3.8, 4) is 11.4 Å². The summed E-state index contributed by atoms with van der Waals surface area (Å²) in [5.74, 6) is -0.648. The predicted molar refractivity (Wildman–Crippen MR) is 94.3 cm³/mol. The topological polar surface area (TPSA) is 73.2 Å². The summed E-state index contributed by atoms with van der Waals surface area (Å²) >= 11 is 0. The molecule has 1 N–H and O–H groups in total. The van der Waals surface area contributed by atoms with Crippen molar-refractivity contribution < 1.29 is 14.3 Å². The Bertz CT molecular complexity index is 917. The van der Waals surface area contributed by atoms with E-state index in [1.807, 2.05) is 13.1 Å². The van der Waals surface area contributed by atoms with E-state index in [-0.39, 0.29) is 0 Å². The van der Waals surface area contributed by atoms with Gasteiger partial charge in [-0.3, -0.25) is 9.59 Å². The lowest BCUT2D eigenvalue weighted by Crippen LogP contribution is -2.22. The van der Waals surface area contributed by atoms with Gasteiger partial charge in [0.1, 0.15) is 5.75 Å². The van der Waals surface area contributed by atoms with Crippen LogP contribution in [0.5, 0.6) is 5.75 Å². The van der Waals surface area contributed by atoms with Gasteiger partial charge in [0.25, 0.3) is 11.7 Å². The van der Waals surface area contributed by atoms with Crippen LogP contribution < -0.4 is 10.1 Å². The molecule has 0 fully saturated rings. The first-order chi connectivity index (χ1) is 12.1. The summed E-state index contributed by atoms with van der Waals surface area (Å²) in [5.41, 5.74) is 2.42. The third kappa shape index (κ3) is 3.58. The third-order valence-corrected chi connectivity index (χ3v) is 3.67. The molecule has 1 heterocycles. The molecule has 0 saturated heterocycles. The number of aromatic nitrogens is 2. The minimum Gasteiger partial charge on any atom is -0.495 e. The van der Waals surface area contributed by atoms with Gasteiger partial charge < -0.3 is 14.6 Å². The van der Waals surface area contributed by atoms with Crippen LogP contribution in [0.4, 0.5) is 5.69 Å². The predicted octanol–water partition coefficient (Wildman–Crippen LogP) is 3.01. The van der Waals surface area contributed by atoms with Crippen molar-refractivity contribution in [3.05, 3.63) is 72.3 Å². The van der Waals surface area contributed by atoms with Crippen LogP contribution in [0.25, 0.3) is 5.69 Å². The highest BCUT2D eigenvalue weighted by molar-refractivity contribution is 6.46. The van der Waals surface area contributed by atoms with Crippen LogP contribution in [0.15, 0.2) is 61.1 Å². The molecule has 3 aromatic rings. The average Bonchev–Trinajstić information content (AvgIpc) is 3.08. The van der Waals surface area contributed by atoms with Crippen LogP contribution in [-0.4, -0.2) is 28.4 Å². The second-order valence-corrected chi connectivity index (χ2v) is 5.46. The summed E-state index contributed by atoms with van der Waals surface area (Å²) in [7, 11) is 1.57. The first-order valence-corrected chi connectivity index (χ1v) is 7.68. The van der Waals surface area contributed by atoms with Gasteiger partial charge in [-0.2, -0.15) is 0 Å². The van der Waals surface area contributed by atoms with Crippen molar-refractivity contribution in [1.82, 2.24) is 9.55 Å². The number of ketones is 1. The quantitative estimate of drug-likeness (QED) is 0.574. The molecule has 1 amide bonds. The highest BCUT2D eigenvalue weighted by atomic mass is 16.5. The molecule has 2 aromatic carbocycles. The van der Waals surface area contributed by atoms with Crippen LogP contribution in [-0.2, 0) is 4.79 Å². The Balaban J connectivity index is 1.86. The molecular weight excluding hydrogens is 318 g/mol. The molecule has 0 unspecified atom stereocenters. The summed E-state index contributed by atoms with van der Waals surface area (Å²) in [4.78, 5) is 28.6. The van der Waals surface area contributed by atoms with Crippen molar-refractivity contribution in [1.29, 1.82) is 0 Å². The summed E-state index contributed by atoms with van der Waals surface area (Å²) in [6, 6.07) is 13.6. The van der Waals surface area contributed by atoms with Gasteiger partial charge in [0, 0.05) is 17.4 Å². The Morgan fingerprint density at radius 1 is 1.12 bits per heavy atom. The van der Waals surface area contributed by atoms with Crippen molar-refractivity contribution in [2.45, 2.75) is 6.92 Å². The Labute approximate surface area is 145 Å². The SMILES string of the molecule is COc1ccc(NC(=O)C(=O)c2ccccc2)cc1-n1cnc(C)c1. The van der Waals surface area contributed by atoms with E-state index in [4.69, 9.17) is 4.74 Å². The van der Waals surface area contributed by atoms with Crippen LogP contribution >= 0.6 is 0 Å². The number of nitrogens with one attached hydrogen (secondary N) is 1. The normalized spacial score (nSPS) is 10.3. The fraction of sp³-hybridized carbons (Fsp3) is 0.105. The van der Waals surface area contributed by atoms with E-state index in [2.05, 4.69) is 10.3 Å². The summed E-state index contributed by atoms with van der Waals surface area (Å²) < 4.78 is 7.15. The smallest absolute Gasteiger partial charge is 0.296 e. The first kappa shape index (κ1) is 16.4. The number of aryl methyl sites for hydroxylation is 1. The number of Topliss-reactive ketones (excluding diaryl/α,β-unsaturated/α-hetero) is 1. The maximum absolute atomic E-state index is 12.2. The lowest BCUT2D eigenvalue weighted by molar-refractivity contribution is -0.112. The summed E-state index contributed by atoms with van der Waals surface area (Å²) in [5, 5.41) is 2.63. The Morgan fingerprint density at radius 2 is 1.88 bits per heavy atom. The van der Waals surface area contributed by atoms with Gasteiger partial charge in [0.05, 0.1) is 24.8 Å². The molecule has 6 nitrogen and oxygen atoms in total. The molecule has 3 rings (SSSR count). The molecule has 0 aliphatic rings. The van der Waals surface area contributed by atoms with Gasteiger partial charge in [-0.1, -0.05) is 30.3 Å². The Kier molecular flexibility index (Phi) is 4.61. The lowest BCUT2D eigenvalue weighted by Gasteiger charge is -2.12. The maximum atomic E-state index is 12.2. The first-order valence-electron chi connectivity index (χ1n) is 7.68. The Hall–Kier alpha value is -3.41. The number of ether oxygens (including phenoxy) is 1. The van der Waals surface area contributed by atoms with Gasteiger partial charge in [-0.25, -0.2) is 4.98 Å². The van der Waals surface area contributed by atoms with Crippen LogP contribution in [0, 0.1) is 6.92 Å². The molecule has 1 aromatic heterocycles. The van der Waals surface area contributed by atoms with E-state index in [1.165, 1.54) is 0 Å². The number of benzene rings is 2. The number of nitrogens with zero attached hydrogens (tertiary/aromatic N) is 2. The number of carbonyl (C=O) groups excluding carboxylic acids is 2. The number of hydrogen-bond donors (Lipinski definition) is 1. The molecule has 0 spiro atoms.